The van der Waals surface area contributed by atoms with Gasteiger partial charge in [-0.3, -0.25) is 0 Å². The minimum atomic E-state index is -0.967. The Labute approximate surface area is 133 Å². The lowest BCUT2D eigenvalue weighted by Crippen LogP contribution is -2.27. The number of alkyl carbamates (subject to hydrolysis) is 1. The van der Waals surface area contributed by atoms with E-state index in [9.17, 15) is 9.59 Å². The van der Waals surface area contributed by atoms with E-state index < -0.39 is 12.1 Å². The van der Waals surface area contributed by atoms with Gasteiger partial charge in [0.15, 0.2) is 0 Å². The van der Waals surface area contributed by atoms with Gasteiger partial charge in [0.25, 0.3) is 0 Å². The van der Waals surface area contributed by atoms with Gasteiger partial charge in [0.05, 0.1) is 11.6 Å². The molecule has 0 spiro atoms. The number of hydrogen-bond donors (Lipinski definition) is 2. The zero-order chi connectivity index (χ0) is 16.2. The van der Waals surface area contributed by atoms with Crippen molar-refractivity contribution in [3.63, 3.8) is 0 Å². The van der Waals surface area contributed by atoms with E-state index >= 15 is 0 Å². The SMILES string of the molecule is O=C(NC1CCc2ccc(C(=O)O)cc21)OCc1ccccc1. The summed E-state index contributed by atoms with van der Waals surface area (Å²) < 4.78 is 5.22. The molecule has 2 aromatic carbocycles. The van der Waals surface area contributed by atoms with Gasteiger partial charge in [0.2, 0.25) is 0 Å². The fourth-order valence-corrected chi connectivity index (χ4v) is 2.79. The van der Waals surface area contributed by atoms with Crippen molar-refractivity contribution in [2.75, 3.05) is 0 Å². The third-order valence-corrected chi connectivity index (χ3v) is 3.98. The molecule has 0 saturated carbocycles. The number of aryl methyl sites for hydroxylation is 1. The Kier molecular flexibility index (Phi) is 4.28. The van der Waals surface area contributed by atoms with Crippen LogP contribution in [0.5, 0.6) is 0 Å². The lowest BCUT2D eigenvalue weighted by molar-refractivity contribution is 0.0696. The van der Waals surface area contributed by atoms with Crippen molar-refractivity contribution in [3.05, 3.63) is 70.8 Å². The summed E-state index contributed by atoms with van der Waals surface area (Å²) >= 11 is 0. The van der Waals surface area contributed by atoms with Crippen LogP contribution in [0.4, 0.5) is 4.79 Å². The van der Waals surface area contributed by atoms with Gasteiger partial charge in [0, 0.05) is 0 Å². The number of hydrogen-bond acceptors (Lipinski definition) is 3. The number of nitrogens with one attached hydrogen (secondary N) is 1. The third-order valence-electron chi connectivity index (χ3n) is 3.98. The number of fused-ring (bicyclic) bond motifs is 1. The maximum atomic E-state index is 12.0. The predicted molar refractivity (Wildman–Crippen MR) is 84.2 cm³/mol. The molecule has 23 heavy (non-hydrogen) atoms. The zero-order valence-corrected chi connectivity index (χ0v) is 12.5. The fourth-order valence-electron chi connectivity index (χ4n) is 2.79. The summed E-state index contributed by atoms with van der Waals surface area (Å²) in [7, 11) is 0. The topological polar surface area (TPSA) is 75.6 Å². The van der Waals surface area contributed by atoms with E-state index in [1.54, 1.807) is 12.1 Å². The molecule has 2 aromatic rings. The minimum Gasteiger partial charge on any atom is -0.478 e. The van der Waals surface area contributed by atoms with Crippen LogP contribution in [-0.4, -0.2) is 17.2 Å². The van der Waals surface area contributed by atoms with Crippen LogP contribution < -0.4 is 5.32 Å². The number of carbonyl (C=O) groups excluding carboxylic acids is 1. The van der Waals surface area contributed by atoms with E-state index in [0.717, 1.165) is 29.5 Å². The Bertz CT molecular complexity index is 727. The van der Waals surface area contributed by atoms with Gasteiger partial charge in [0.1, 0.15) is 6.61 Å². The summed E-state index contributed by atoms with van der Waals surface area (Å²) in [6.07, 6.45) is 1.07. The molecule has 0 bridgehead atoms. The molecule has 0 saturated heterocycles. The lowest BCUT2D eigenvalue weighted by atomic mass is 10.0. The maximum Gasteiger partial charge on any atom is 0.407 e. The Morgan fingerprint density at radius 3 is 2.70 bits per heavy atom. The van der Waals surface area contributed by atoms with Gasteiger partial charge in [-0.25, -0.2) is 9.59 Å². The molecule has 1 unspecified atom stereocenters. The standard InChI is InChI=1S/C18H17NO4/c20-17(21)14-7-6-13-8-9-16(15(13)10-14)19-18(22)23-11-12-4-2-1-3-5-12/h1-7,10,16H,8-9,11H2,(H,19,22)(H,20,21). The molecule has 0 radical (unpaired) electrons. The maximum absolute atomic E-state index is 12.0. The number of ether oxygens (including phenoxy) is 1. The average Bonchev–Trinajstić information content (AvgIpc) is 2.96. The molecule has 0 fully saturated rings. The van der Waals surface area contributed by atoms with Gasteiger partial charge in [-0.1, -0.05) is 36.4 Å². The third kappa shape index (κ3) is 3.51. The largest absolute Gasteiger partial charge is 0.478 e. The Morgan fingerprint density at radius 2 is 1.96 bits per heavy atom. The number of aromatic carboxylic acids is 1. The van der Waals surface area contributed by atoms with Crippen molar-refractivity contribution in [1.29, 1.82) is 0 Å². The van der Waals surface area contributed by atoms with Crippen molar-refractivity contribution in [1.82, 2.24) is 5.32 Å². The first kappa shape index (κ1) is 15.1. The van der Waals surface area contributed by atoms with E-state index in [0.29, 0.717) is 0 Å². The predicted octanol–water partition coefficient (Wildman–Crippen LogP) is 3.30. The molecule has 1 amide bonds. The summed E-state index contributed by atoms with van der Waals surface area (Å²) in [5, 5.41) is 11.9. The van der Waals surface area contributed by atoms with Crippen molar-refractivity contribution in [2.45, 2.75) is 25.5 Å². The van der Waals surface area contributed by atoms with Gasteiger partial charge in [-0.15, -0.1) is 0 Å². The Morgan fingerprint density at radius 1 is 1.17 bits per heavy atom. The zero-order valence-electron chi connectivity index (χ0n) is 12.5. The highest BCUT2D eigenvalue weighted by atomic mass is 16.5. The molecule has 118 valence electrons. The van der Waals surface area contributed by atoms with Crippen LogP contribution in [0.15, 0.2) is 48.5 Å². The quantitative estimate of drug-likeness (QED) is 0.908. The van der Waals surface area contributed by atoms with Gasteiger partial charge >= 0.3 is 12.1 Å². The molecule has 3 rings (SSSR count). The second kappa shape index (κ2) is 6.52. The highest BCUT2D eigenvalue weighted by Gasteiger charge is 2.25. The number of benzene rings is 2. The van der Waals surface area contributed by atoms with Crippen LogP contribution in [0.2, 0.25) is 0 Å². The first-order valence-corrected chi connectivity index (χ1v) is 7.47. The number of carboxylic acids is 1. The van der Waals surface area contributed by atoms with Gasteiger partial charge in [-0.2, -0.15) is 0 Å². The van der Waals surface area contributed by atoms with Crippen molar-refractivity contribution < 1.29 is 19.4 Å². The van der Waals surface area contributed by atoms with Gasteiger partial charge in [-0.05, 0) is 41.7 Å². The molecule has 0 heterocycles. The molecular weight excluding hydrogens is 294 g/mol. The monoisotopic (exact) mass is 311 g/mol. The molecule has 0 aromatic heterocycles. The van der Waals surface area contributed by atoms with Crippen molar-refractivity contribution in [2.24, 2.45) is 0 Å². The molecule has 1 aliphatic carbocycles. The molecule has 1 atom stereocenters. The number of amides is 1. The second-order valence-corrected chi connectivity index (χ2v) is 5.52. The van der Waals surface area contributed by atoms with Crippen molar-refractivity contribution >= 4 is 12.1 Å². The fraction of sp³-hybridized carbons (Fsp3) is 0.222. The Hall–Kier alpha value is -2.82. The smallest absolute Gasteiger partial charge is 0.407 e. The van der Waals surface area contributed by atoms with Crippen LogP contribution in [0.25, 0.3) is 0 Å². The summed E-state index contributed by atoms with van der Waals surface area (Å²) in [5.74, 6) is -0.967. The highest BCUT2D eigenvalue weighted by Crippen LogP contribution is 2.32. The average molecular weight is 311 g/mol. The molecule has 1 aliphatic rings. The summed E-state index contributed by atoms with van der Waals surface area (Å²) in [6, 6.07) is 14.3. The first-order valence-electron chi connectivity index (χ1n) is 7.47. The highest BCUT2D eigenvalue weighted by molar-refractivity contribution is 5.88. The van der Waals surface area contributed by atoms with Crippen LogP contribution in [-0.2, 0) is 17.8 Å². The number of carbonyl (C=O) groups is 2. The van der Waals surface area contributed by atoms with Crippen LogP contribution in [0, 0.1) is 0 Å². The molecule has 5 heteroatoms. The van der Waals surface area contributed by atoms with Crippen molar-refractivity contribution in [3.8, 4) is 0 Å². The van der Waals surface area contributed by atoms with E-state index in [1.807, 2.05) is 36.4 Å². The van der Waals surface area contributed by atoms with Crippen LogP contribution in [0.1, 0.15) is 39.5 Å². The van der Waals surface area contributed by atoms with E-state index in [1.165, 1.54) is 0 Å². The summed E-state index contributed by atoms with van der Waals surface area (Å²) in [5.41, 5.74) is 3.09. The van der Waals surface area contributed by atoms with E-state index in [2.05, 4.69) is 5.32 Å². The Balaban J connectivity index is 1.62. The summed E-state index contributed by atoms with van der Waals surface area (Å²) in [6.45, 7) is 0.210. The van der Waals surface area contributed by atoms with Crippen LogP contribution >= 0.6 is 0 Å². The lowest BCUT2D eigenvalue weighted by Gasteiger charge is -2.14. The molecular formula is C18H17NO4. The van der Waals surface area contributed by atoms with E-state index in [4.69, 9.17) is 9.84 Å². The first-order chi connectivity index (χ1) is 11.1. The molecule has 2 N–H and O–H groups in total. The number of rotatable bonds is 4. The number of carboxylic acid groups (broad SMARTS) is 1. The summed E-state index contributed by atoms with van der Waals surface area (Å²) in [4.78, 5) is 23.0. The van der Waals surface area contributed by atoms with Crippen LogP contribution in [0.3, 0.4) is 0 Å². The van der Waals surface area contributed by atoms with Gasteiger partial charge < -0.3 is 15.2 Å². The molecule has 5 nitrogen and oxygen atoms in total. The molecule has 0 aliphatic heterocycles. The second-order valence-electron chi connectivity index (χ2n) is 5.52. The normalized spacial score (nSPS) is 15.7. The minimum absolute atomic E-state index is 0.201. The van der Waals surface area contributed by atoms with E-state index in [-0.39, 0.29) is 18.2 Å².